The predicted octanol–water partition coefficient (Wildman–Crippen LogP) is 6.78. The van der Waals surface area contributed by atoms with Crippen molar-refractivity contribution in [2.45, 2.75) is 11.8 Å². The number of rotatable bonds is 7. The molecule has 0 saturated heterocycles. The van der Waals surface area contributed by atoms with Crippen LogP contribution in [0.1, 0.15) is 15.9 Å². The van der Waals surface area contributed by atoms with E-state index in [9.17, 15) is 13.2 Å². The number of aryl methyl sites for hydroxylation is 1. The Kier molecular flexibility index (Phi) is 7.00. The van der Waals surface area contributed by atoms with E-state index in [0.29, 0.717) is 33.5 Å². The van der Waals surface area contributed by atoms with E-state index < -0.39 is 10.0 Å². The van der Waals surface area contributed by atoms with E-state index in [-0.39, 0.29) is 15.9 Å². The minimum atomic E-state index is -3.88. The number of para-hydroxylation sites is 1. The van der Waals surface area contributed by atoms with E-state index in [2.05, 4.69) is 20.0 Å². The lowest BCUT2D eigenvalue weighted by atomic mass is 10.0. The molecule has 2 N–H and O–H groups in total. The number of thiazole rings is 1. The van der Waals surface area contributed by atoms with Crippen LogP contribution in [-0.4, -0.2) is 29.3 Å². The van der Waals surface area contributed by atoms with Gasteiger partial charge in [-0.3, -0.25) is 14.5 Å². The van der Waals surface area contributed by atoms with Crippen molar-refractivity contribution in [2.75, 3.05) is 10.0 Å². The first kappa shape index (κ1) is 26.3. The van der Waals surface area contributed by atoms with Gasteiger partial charge in [0.05, 0.1) is 27.4 Å². The van der Waals surface area contributed by atoms with Crippen molar-refractivity contribution in [1.29, 1.82) is 0 Å². The number of nitrogens with one attached hydrogen (secondary N) is 2. The van der Waals surface area contributed by atoms with Crippen LogP contribution < -0.4 is 10.0 Å². The van der Waals surface area contributed by atoms with E-state index in [1.165, 1.54) is 23.5 Å². The summed E-state index contributed by atoms with van der Waals surface area (Å²) in [4.78, 5) is 26.6. The maximum absolute atomic E-state index is 13.4. The Bertz CT molecular complexity index is 1970. The topological polar surface area (TPSA) is 114 Å². The molecule has 0 aliphatic heterocycles. The van der Waals surface area contributed by atoms with Crippen molar-refractivity contribution in [3.05, 3.63) is 120 Å². The molecule has 0 atom stereocenters. The van der Waals surface area contributed by atoms with Crippen LogP contribution in [0.25, 0.3) is 33.4 Å². The third kappa shape index (κ3) is 5.69. The number of carbonyl (C=O) groups is 1. The van der Waals surface area contributed by atoms with Gasteiger partial charge in [-0.25, -0.2) is 18.4 Å². The molecule has 3 aromatic carbocycles. The van der Waals surface area contributed by atoms with E-state index in [1.807, 2.05) is 73.0 Å². The molecule has 0 spiro atoms. The van der Waals surface area contributed by atoms with Crippen LogP contribution in [0, 0.1) is 6.92 Å². The maximum atomic E-state index is 13.4. The molecule has 6 rings (SSSR count). The normalized spacial score (nSPS) is 11.3. The first-order chi connectivity index (χ1) is 19.9. The van der Waals surface area contributed by atoms with E-state index >= 15 is 0 Å². The zero-order valence-corrected chi connectivity index (χ0v) is 23.4. The first-order valence-corrected chi connectivity index (χ1v) is 15.0. The van der Waals surface area contributed by atoms with Crippen LogP contribution in [-0.2, 0) is 10.0 Å². The van der Waals surface area contributed by atoms with Crippen molar-refractivity contribution in [3.63, 3.8) is 0 Å². The average molecular weight is 578 g/mol. The van der Waals surface area contributed by atoms with Crippen molar-refractivity contribution in [3.8, 4) is 22.5 Å². The summed E-state index contributed by atoms with van der Waals surface area (Å²) in [5.74, 6) is -0.334. The quantitative estimate of drug-likeness (QED) is 0.216. The molecular formula is C31H23N5O3S2. The maximum Gasteiger partial charge on any atom is 0.263 e. The summed E-state index contributed by atoms with van der Waals surface area (Å²) in [5, 5.41) is 5.67. The molecule has 0 radical (unpaired) electrons. The molecule has 0 unspecified atom stereocenters. The van der Waals surface area contributed by atoms with Crippen LogP contribution in [0.2, 0.25) is 0 Å². The number of hydrogen-bond donors (Lipinski definition) is 2. The van der Waals surface area contributed by atoms with Gasteiger partial charge in [0.15, 0.2) is 5.13 Å². The molecule has 3 heterocycles. The second-order valence-electron chi connectivity index (χ2n) is 9.30. The zero-order valence-electron chi connectivity index (χ0n) is 21.8. The molecule has 3 aromatic heterocycles. The highest BCUT2D eigenvalue weighted by atomic mass is 32.2. The van der Waals surface area contributed by atoms with Crippen LogP contribution >= 0.6 is 11.3 Å². The molecule has 1 amide bonds. The molecule has 6 aromatic rings. The number of carbonyl (C=O) groups excluding carboxylic acids is 1. The summed E-state index contributed by atoms with van der Waals surface area (Å²) in [6, 6.07) is 26.7. The molecule has 0 saturated carbocycles. The van der Waals surface area contributed by atoms with Gasteiger partial charge in [-0.2, -0.15) is 0 Å². The summed E-state index contributed by atoms with van der Waals surface area (Å²) in [5.41, 5.74) is 5.82. The van der Waals surface area contributed by atoms with Crippen molar-refractivity contribution in [1.82, 2.24) is 15.0 Å². The fourth-order valence-corrected chi connectivity index (χ4v) is 6.27. The number of pyridine rings is 2. The highest BCUT2D eigenvalue weighted by molar-refractivity contribution is 7.93. The minimum Gasteiger partial charge on any atom is -0.322 e. The molecule has 8 nitrogen and oxygen atoms in total. The number of anilines is 2. The number of hydrogen-bond acceptors (Lipinski definition) is 7. The Labute approximate surface area is 240 Å². The van der Waals surface area contributed by atoms with Gasteiger partial charge in [0.25, 0.3) is 15.9 Å². The number of aromatic nitrogens is 3. The van der Waals surface area contributed by atoms with E-state index in [1.54, 1.807) is 30.6 Å². The van der Waals surface area contributed by atoms with Gasteiger partial charge in [0.1, 0.15) is 0 Å². The Morgan fingerprint density at radius 2 is 1.51 bits per heavy atom. The number of benzene rings is 3. The zero-order chi connectivity index (χ0) is 28.4. The SMILES string of the molecule is Cc1ccc(-c2csc(NS(=O)(=O)c3ccc(NC(=O)c4cc(-c5ccncc5)nc5ccccc45)cc3)n2)cc1. The molecular weight excluding hydrogens is 555 g/mol. The number of fused-ring (bicyclic) bond motifs is 1. The molecule has 202 valence electrons. The third-order valence-corrected chi connectivity index (χ3v) is 8.67. The fraction of sp³-hybridized carbons (Fsp3) is 0.0323. The highest BCUT2D eigenvalue weighted by Gasteiger charge is 2.18. The lowest BCUT2D eigenvalue weighted by Gasteiger charge is -2.11. The summed E-state index contributed by atoms with van der Waals surface area (Å²) >= 11 is 1.21. The van der Waals surface area contributed by atoms with E-state index in [0.717, 1.165) is 16.7 Å². The van der Waals surface area contributed by atoms with Gasteiger partial charge in [-0.15, -0.1) is 11.3 Å². The average Bonchev–Trinajstić information content (AvgIpc) is 3.45. The number of sulfonamides is 1. The van der Waals surface area contributed by atoms with Crippen molar-refractivity contribution < 1.29 is 13.2 Å². The minimum absolute atomic E-state index is 0.0527. The Morgan fingerprint density at radius 1 is 0.805 bits per heavy atom. The number of amides is 1. The summed E-state index contributed by atoms with van der Waals surface area (Å²) < 4.78 is 28.6. The van der Waals surface area contributed by atoms with Crippen LogP contribution in [0.4, 0.5) is 10.8 Å². The Balaban J connectivity index is 1.20. The Hall–Kier alpha value is -4.93. The van der Waals surface area contributed by atoms with Crippen molar-refractivity contribution in [2.24, 2.45) is 0 Å². The molecule has 0 aliphatic carbocycles. The number of nitrogens with zero attached hydrogens (tertiary/aromatic N) is 3. The molecule has 10 heteroatoms. The smallest absolute Gasteiger partial charge is 0.263 e. The van der Waals surface area contributed by atoms with Gasteiger partial charge in [-0.1, -0.05) is 48.0 Å². The monoisotopic (exact) mass is 577 g/mol. The summed E-state index contributed by atoms with van der Waals surface area (Å²) in [7, 11) is -3.88. The third-order valence-electron chi connectivity index (χ3n) is 6.43. The highest BCUT2D eigenvalue weighted by Crippen LogP contribution is 2.28. The van der Waals surface area contributed by atoms with Crippen LogP contribution in [0.3, 0.4) is 0 Å². The second-order valence-corrected chi connectivity index (χ2v) is 11.8. The summed E-state index contributed by atoms with van der Waals surface area (Å²) in [6.45, 7) is 2.00. The first-order valence-electron chi connectivity index (χ1n) is 12.6. The standard InChI is InChI=1S/C31H23N5O3S2/c1-20-6-8-21(9-7-20)29-19-40-31(35-29)36-41(38,39)24-12-10-23(11-13-24)33-30(37)26-18-28(22-14-16-32-17-15-22)34-27-5-3-2-4-25(26)27/h2-19H,1H3,(H,33,37)(H,35,36). The molecule has 0 aliphatic rings. The van der Waals surface area contributed by atoms with Gasteiger partial charge in [0, 0.05) is 40.0 Å². The van der Waals surface area contributed by atoms with Gasteiger partial charge >= 0.3 is 0 Å². The summed E-state index contributed by atoms with van der Waals surface area (Å²) in [6.07, 6.45) is 3.35. The van der Waals surface area contributed by atoms with Gasteiger partial charge in [0.2, 0.25) is 0 Å². The molecule has 0 fully saturated rings. The predicted molar refractivity (Wildman–Crippen MR) is 162 cm³/mol. The van der Waals surface area contributed by atoms with Crippen molar-refractivity contribution >= 4 is 49.0 Å². The Morgan fingerprint density at radius 3 is 2.27 bits per heavy atom. The van der Waals surface area contributed by atoms with Gasteiger partial charge < -0.3 is 5.32 Å². The second kappa shape index (κ2) is 10.9. The van der Waals surface area contributed by atoms with Gasteiger partial charge in [-0.05, 0) is 55.5 Å². The largest absolute Gasteiger partial charge is 0.322 e. The lowest BCUT2D eigenvalue weighted by Crippen LogP contribution is -2.14. The van der Waals surface area contributed by atoms with Crippen LogP contribution in [0.15, 0.2) is 114 Å². The fourth-order valence-electron chi connectivity index (χ4n) is 4.30. The lowest BCUT2D eigenvalue weighted by molar-refractivity contribution is 0.102. The van der Waals surface area contributed by atoms with E-state index in [4.69, 9.17) is 4.98 Å². The molecule has 0 bridgehead atoms. The van der Waals surface area contributed by atoms with Crippen LogP contribution in [0.5, 0.6) is 0 Å². The molecule has 41 heavy (non-hydrogen) atoms.